The molecule has 0 heterocycles. The lowest BCUT2D eigenvalue weighted by Crippen LogP contribution is -2.18. The van der Waals surface area contributed by atoms with E-state index in [1.165, 1.54) is 5.56 Å². The maximum atomic E-state index is 11.1. The van der Waals surface area contributed by atoms with Gasteiger partial charge in [-0.25, -0.2) is 0 Å². The first kappa shape index (κ1) is 15.5. The number of halogens is 1. The number of nitrogens with zero attached hydrogens (tertiary/aromatic N) is 1. The van der Waals surface area contributed by atoms with Crippen molar-refractivity contribution in [2.75, 3.05) is 12.8 Å². The average Bonchev–Trinajstić information content (AvgIpc) is 2.43. The fourth-order valence-corrected chi connectivity index (χ4v) is 2.40. The van der Waals surface area contributed by atoms with E-state index < -0.39 is 5.91 Å². The van der Waals surface area contributed by atoms with Gasteiger partial charge in [0.15, 0.2) is 0 Å². The minimum absolute atomic E-state index is 0.437. The van der Waals surface area contributed by atoms with Gasteiger partial charge in [0.2, 0.25) is 5.91 Å². The van der Waals surface area contributed by atoms with E-state index in [4.69, 9.17) is 11.5 Å². The molecule has 2 aromatic rings. The van der Waals surface area contributed by atoms with Crippen molar-refractivity contribution in [1.29, 1.82) is 0 Å². The standard InChI is InChI=1S/C16H18BrN3O/c1-20(9-11-2-6-14(17)7-3-11)10-13-5-4-12(16(19)21)8-15(13)18/h2-8H,9-10,18H2,1H3,(H2,19,21). The quantitative estimate of drug-likeness (QED) is 0.816. The maximum Gasteiger partial charge on any atom is 0.248 e. The van der Waals surface area contributed by atoms with Crippen LogP contribution in [0.3, 0.4) is 0 Å². The van der Waals surface area contributed by atoms with Gasteiger partial charge in [-0.3, -0.25) is 9.69 Å². The SMILES string of the molecule is CN(Cc1ccc(Br)cc1)Cc1ccc(C(N)=O)cc1N. The summed E-state index contributed by atoms with van der Waals surface area (Å²) >= 11 is 3.43. The van der Waals surface area contributed by atoms with E-state index in [1.807, 2.05) is 25.2 Å². The van der Waals surface area contributed by atoms with E-state index in [1.54, 1.807) is 12.1 Å². The molecule has 4 nitrogen and oxygen atoms in total. The third-order valence-electron chi connectivity index (χ3n) is 3.24. The Labute approximate surface area is 132 Å². The van der Waals surface area contributed by atoms with Crippen LogP contribution in [-0.2, 0) is 13.1 Å². The Morgan fingerprint density at radius 3 is 2.38 bits per heavy atom. The molecule has 0 saturated heterocycles. The van der Waals surface area contributed by atoms with E-state index in [2.05, 4.69) is 33.0 Å². The van der Waals surface area contributed by atoms with Crippen LogP contribution in [0.1, 0.15) is 21.5 Å². The van der Waals surface area contributed by atoms with Gasteiger partial charge in [-0.2, -0.15) is 0 Å². The smallest absolute Gasteiger partial charge is 0.248 e. The first-order valence-electron chi connectivity index (χ1n) is 6.57. The Morgan fingerprint density at radius 1 is 1.14 bits per heavy atom. The number of carbonyl (C=O) groups excluding carboxylic acids is 1. The molecule has 0 aliphatic rings. The number of benzene rings is 2. The van der Waals surface area contributed by atoms with Gasteiger partial charge >= 0.3 is 0 Å². The molecule has 0 radical (unpaired) electrons. The highest BCUT2D eigenvalue weighted by Crippen LogP contribution is 2.17. The lowest BCUT2D eigenvalue weighted by atomic mass is 10.1. The zero-order chi connectivity index (χ0) is 15.4. The van der Waals surface area contributed by atoms with Crippen molar-refractivity contribution >= 4 is 27.5 Å². The molecule has 21 heavy (non-hydrogen) atoms. The summed E-state index contributed by atoms with van der Waals surface area (Å²) in [5.74, 6) is -0.462. The Balaban J connectivity index is 2.04. The monoisotopic (exact) mass is 347 g/mol. The van der Waals surface area contributed by atoms with E-state index >= 15 is 0 Å². The second kappa shape index (κ2) is 6.74. The van der Waals surface area contributed by atoms with Crippen molar-refractivity contribution in [2.24, 2.45) is 5.73 Å². The van der Waals surface area contributed by atoms with E-state index in [9.17, 15) is 4.79 Å². The summed E-state index contributed by atoms with van der Waals surface area (Å²) in [6, 6.07) is 13.4. The van der Waals surface area contributed by atoms with Crippen LogP contribution in [0.15, 0.2) is 46.9 Å². The fraction of sp³-hybridized carbons (Fsp3) is 0.188. The van der Waals surface area contributed by atoms with E-state index in [0.29, 0.717) is 17.8 Å². The van der Waals surface area contributed by atoms with Crippen LogP contribution in [0.5, 0.6) is 0 Å². The van der Waals surface area contributed by atoms with Crippen LogP contribution in [0.2, 0.25) is 0 Å². The van der Waals surface area contributed by atoms with Gasteiger partial charge in [0.1, 0.15) is 0 Å². The van der Waals surface area contributed by atoms with Crippen molar-refractivity contribution in [3.8, 4) is 0 Å². The number of anilines is 1. The topological polar surface area (TPSA) is 72.3 Å². The summed E-state index contributed by atoms with van der Waals surface area (Å²) < 4.78 is 1.07. The molecular weight excluding hydrogens is 330 g/mol. The number of hydrogen-bond donors (Lipinski definition) is 2. The van der Waals surface area contributed by atoms with Gasteiger partial charge in [0.05, 0.1) is 0 Å². The first-order chi connectivity index (χ1) is 9.95. The molecule has 4 N–H and O–H groups in total. The van der Waals surface area contributed by atoms with Crippen LogP contribution >= 0.6 is 15.9 Å². The molecule has 0 bridgehead atoms. The number of carbonyl (C=O) groups is 1. The zero-order valence-corrected chi connectivity index (χ0v) is 13.4. The molecule has 110 valence electrons. The second-order valence-corrected chi connectivity index (χ2v) is 5.99. The van der Waals surface area contributed by atoms with Crippen LogP contribution in [0.25, 0.3) is 0 Å². The number of rotatable bonds is 5. The van der Waals surface area contributed by atoms with Gasteiger partial charge in [-0.1, -0.05) is 34.1 Å². The van der Waals surface area contributed by atoms with Crippen LogP contribution in [-0.4, -0.2) is 17.9 Å². The van der Waals surface area contributed by atoms with Crippen LogP contribution in [0.4, 0.5) is 5.69 Å². The fourth-order valence-electron chi connectivity index (χ4n) is 2.14. The molecule has 0 aromatic heterocycles. The average molecular weight is 348 g/mol. The molecule has 0 fully saturated rings. The third kappa shape index (κ3) is 4.31. The summed E-state index contributed by atoms with van der Waals surface area (Å²) in [6.07, 6.45) is 0. The lowest BCUT2D eigenvalue weighted by molar-refractivity contribution is 0.100. The van der Waals surface area contributed by atoms with Gasteiger partial charge in [-0.05, 0) is 42.4 Å². The molecule has 2 aromatic carbocycles. The largest absolute Gasteiger partial charge is 0.398 e. The maximum absolute atomic E-state index is 11.1. The molecular formula is C16H18BrN3O. The zero-order valence-electron chi connectivity index (χ0n) is 11.8. The lowest BCUT2D eigenvalue weighted by Gasteiger charge is -2.18. The highest BCUT2D eigenvalue weighted by Gasteiger charge is 2.08. The molecule has 0 saturated carbocycles. The number of primary amides is 1. The summed E-state index contributed by atoms with van der Waals surface area (Å²) in [7, 11) is 2.03. The molecule has 0 spiro atoms. The number of amides is 1. The minimum atomic E-state index is -0.462. The van der Waals surface area contributed by atoms with E-state index in [-0.39, 0.29) is 0 Å². The molecule has 2 rings (SSSR count). The van der Waals surface area contributed by atoms with Crippen molar-refractivity contribution in [2.45, 2.75) is 13.1 Å². The Kier molecular flexibility index (Phi) is 4.98. The molecule has 0 aliphatic heterocycles. The molecule has 0 aliphatic carbocycles. The molecule has 0 atom stereocenters. The van der Waals surface area contributed by atoms with Crippen molar-refractivity contribution in [3.05, 3.63) is 63.6 Å². The summed E-state index contributed by atoms with van der Waals surface area (Å²) in [4.78, 5) is 13.3. The van der Waals surface area contributed by atoms with Gasteiger partial charge in [0, 0.05) is 28.8 Å². The minimum Gasteiger partial charge on any atom is -0.398 e. The van der Waals surface area contributed by atoms with Crippen molar-refractivity contribution in [3.63, 3.8) is 0 Å². The predicted octanol–water partition coefficient (Wildman–Crippen LogP) is 2.76. The van der Waals surface area contributed by atoms with E-state index in [0.717, 1.165) is 16.6 Å². The van der Waals surface area contributed by atoms with Crippen molar-refractivity contribution in [1.82, 2.24) is 4.90 Å². The highest BCUT2D eigenvalue weighted by molar-refractivity contribution is 9.10. The van der Waals surface area contributed by atoms with Crippen LogP contribution in [0, 0.1) is 0 Å². The number of nitrogens with two attached hydrogens (primary N) is 2. The van der Waals surface area contributed by atoms with Crippen molar-refractivity contribution < 1.29 is 4.79 Å². The Hall–Kier alpha value is -1.85. The van der Waals surface area contributed by atoms with Gasteiger partial charge in [-0.15, -0.1) is 0 Å². The predicted molar refractivity (Wildman–Crippen MR) is 88.7 cm³/mol. The van der Waals surface area contributed by atoms with Gasteiger partial charge < -0.3 is 11.5 Å². The number of nitrogen functional groups attached to an aromatic ring is 1. The number of hydrogen-bond acceptors (Lipinski definition) is 3. The van der Waals surface area contributed by atoms with Crippen LogP contribution < -0.4 is 11.5 Å². The molecule has 5 heteroatoms. The third-order valence-corrected chi connectivity index (χ3v) is 3.77. The normalized spacial score (nSPS) is 10.8. The highest BCUT2D eigenvalue weighted by atomic mass is 79.9. The summed E-state index contributed by atoms with van der Waals surface area (Å²) in [6.45, 7) is 1.53. The summed E-state index contributed by atoms with van der Waals surface area (Å²) in [5, 5.41) is 0. The Bertz CT molecular complexity index is 640. The van der Waals surface area contributed by atoms with Gasteiger partial charge in [0.25, 0.3) is 0 Å². The molecule has 1 amide bonds. The second-order valence-electron chi connectivity index (χ2n) is 5.08. The first-order valence-corrected chi connectivity index (χ1v) is 7.36. The molecule has 0 unspecified atom stereocenters. The Morgan fingerprint density at radius 2 is 1.81 bits per heavy atom. The summed E-state index contributed by atoms with van der Waals surface area (Å²) in [5.41, 5.74) is 14.5.